The lowest BCUT2D eigenvalue weighted by atomic mass is 10.1. The predicted molar refractivity (Wildman–Crippen MR) is 126 cm³/mol. The highest BCUT2D eigenvalue weighted by molar-refractivity contribution is 5.04. The Balaban J connectivity index is 0.000000134. The summed E-state index contributed by atoms with van der Waals surface area (Å²) in [5.41, 5.74) is 2.78. The molecule has 5 aliphatic carbocycles. The smallest absolute Gasteiger partial charge is 0.0179 e. The molecule has 5 aliphatic rings. The van der Waals surface area contributed by atoms with Gasteiger partial charge in [-0.05, 0) is 89.8 Å². The number of hydrogen-bond acceptors (Lipinski definition) is 0. The van der Waals surface area contributed by atoms with Crippen molar-refractivity contribution in [3.05, 3.63) is 12.7 Å². The maximum absolute atomic E-state index is 3.72. The first-order chi connectivity index (χ1) is 12.7. The molecule has 0 saturated heterocycles. The van der Waals surface area contributed by atoms with Crippen molar-refractivity contribution in [1.82, 2.24) is 0 Å². The van der Waals surface area contributed by atoms with Crippen LogP contribution in [0.25, 0.3) is 0 Å². The van der Waals surface area contributed by atoms with Crippen molar-refractivity contribution in [3.8, 4) is 0 Å². The average molecular weight is 389 g/mol. The minimum atomic E-state index is 0.599. The molecule has 0 bridgehead atoms. The lowest BCUT2D eigenvalue weighted by Crippen LogP contribution is -1.90. The van der Waals surface area contributed by atoms with Gasteiger partial charge in [0.1, 0.15) is 0 Å². The molecule has 0 heteroatoms. The van der Waals surface area contributed by atoms with Crippen LogP contribution in [0.3, 0.4) is 0 Å². The van der Waals surface area contributed by atoms with Crippen LogP contribution < -0.4 is 0 Å². The molecule has 0 aliphatic heterocycles. The summed E-state index contributed by atoms with van der Waals surface area (Å²) in [6.45, 7) is 27.0. The molecule has 0 N–H and O–H groups in total. The summed E-state index contributed by atoms with van der Waals surface area (Å²) in [6.07, 6.45) is 12.3. The Morgan fingerprint density at radius 2 is 1.14 bits per heavy atom. The van der Waals surface area contributed by atoms with Gasteiger partial charge in [0.25, 0.3) is 0 Å². The van der Waals surface area contributed by atoms with Crippen molar-refractivity contribution in [2.75, 3.05) is 0 Å². The highest BCUT2D eigenvalue weighted by atomic mass is 14.6. The fourth-order valence-corrected chi connectivity index (χ4v) is 4.72. The van der Waals surface area contributed by atoms with E-state index < -0.39 is 0 Å². The van der Waals surface area contributed by atoms with Crippen LogP contribution >= 0.6 is 0 Å². The van der Waals surface area contributed by atoms with Crippen molar-refractivity contribution in [2.45, 2.75) is 114 Å². The van der Waals surface area contributed by atoms with Crippen molar-refractivity contribution in [1.29, 1.82) is 0 Å². The molecule has 4 unspecified atom stereocenters. The van der Waals surface area contributed by atoms with E-state index in [0.717, 1.165) is 40.4 Å². The van der Waals surface area contributed by atoms with Gasteiger partial charge >= 0.3 is 0 Å². The number of hydrogen-bond donors (Lipinski definition) is 0. The third kappa shape index (κ3) is 7.21. The number of allylic oxidation sites excluding steroid dienone is 1. The normalized spacial score (nSPS) is 38.1. The lowest BCUT2D eigenvalue weighted by molar-refractivity contribution is 0.519. The maximum atomic E-state index is 3.72. The molecule has 4 atom stereocenters. The molecule has 0 spiro atoms. The predicted octanol–water partition coefficient (Wildman–Crippen LogP) is 9.16. The van der Waals surface area contributed by atoms with Crippen molar-refractivity contribution in [3.63, 3.8) is 0 Å². The summed E-state index contributed by atoms with van der Waals surface area (Å²) >= 11 is 0. The van der Waals surface area contributed by atoms with Crippen LogP contribution in [0, 0.1) is 51.2 Å². The molecule has 0 aromatic rings. The maximum Gasteiger partial charge on any atom is -0.0179 e. The Labute approximate surface area is 178 Å². The second-order valence-corrected chi connectivity index (χ2v) is 13.6. The highest BCUT2D eigenvalue weighted by Gasteiger charge is 2.53. The molecule has 0 amide bonds. The minimum absolute atomic E-state index is 0.599. The highest BCUT2D eigenvalue weighted by Crippen LogP contribution is 2.62. The molecule has 164 valence electrons. The first-order valence-electron chi connectivity index (χ1n) is 12.3. The van der Waals surface area contributed by atoms with Crippen molar-refractivity contribution >= 4 is 0 Å². The Bertz CT molecular complexity index is 528. The van der Waals surface area contributed by atoms with Gasteiger partial charge in [0.05, 0.1) is 0 Å². The second-order valence-electron chi connectivity index (χ2n) is 13.6. The van der Waals surface area contributed by atoms with Crippen LogP contribution in [-0.4, -0.2) is 0 Å². The van der Waals surface area contributed by atoms with E-state index in [2.05, 4.69) is 81.9 Å². The summed E-state index contributed by atoms with van der Waals surface area (Å²) in [6, 6.07) is 0. The van der Waals surface area contributed by atoms with Crippen LogP contribution in [0.15, 0.2) is 12.7 Å². The van der Waals surface area contributed by atoms with Crippen LogP contribution in [0.2, 0.25) is 0 Å². The molecule has 0 nitrogen and oxygen atoms in total. The van der Waals surface area contributed by atoms with Gasteiger partial charge in [0, 0.05) is 0 Å². The van der Waals surface area contributed by atoms with E-state index in [-0.39, 0.29) is 0 Å². The molecule has 0 aromatic carbocycles. The quantitative estimate of drug-likeness (QED) is 0.423. The molecular weight excluding hydrogens is 336 g/mol. The Hall–Kier alpha value is -0.260. The van der Waals surface area contributed by atoms with Gasteiger partial charge in [-0.25, -0.2) is 0 Å². The lowest BCUT2D eigenvalue weighted by Gasteiger charge is -1.97. The second kappa shape index (κ2) is 8.11. The monoisotopic (exact) mass is 388 g/mol. The standard InChI is InChI=1S/C8H14.C7H14.C7H12.C6H12/c1-8(2)5-7(8)6-3-4-6;2*1-4-6-5-7(6,2)3;1-5-4-6(5,2)3/h6-7H,3-5H2,1-2H3;6H,4-5H2,1-3H3;4,6H,1,5H2,2-3H3;5H,4H2,1-3H3. The van der Waals surface area contributed by atoms with Crippen LogP contribution in [-0.2, 0) is 0 Å². The van der Waals surface area contributed by atoms with Gasteiger partial charge in [-0.3, -0.25) is 0 Å². The van der Waals surface area contributed by atoms with Crippen LogP contribution in [0.4, 0.5) is 0 Å². The van der Waals surface area contributed by atoms with E-state index >= 15 is 0 Å². The zero-order valence-electron chi connectivity index (χ0n) is 21.1. The van der Waals surface area contributed by atoms with E-state index in [1.807, 2.05) is 0 Å². The van der Waals surface area contributed by atoms with E-state index in [4.69, 9.17) is 0 Å². The summed E-state index contributed by atoms with van der Waals surface area (Å²) in [7, 11) is 0. The third-order valence-electron chi connectivity index (χ3n) is 8.87. The first kappa shape index (κ1) is 24.0. The van der Waals surface area contributed by atoms with E-state index in [1.54, 1.807) is 0 Å². The van der Waals surface area contributed by atoms with Crippen molar-refractivity contribution < 1.29 is 0 Å². The zero-order chi connectivity index (χ0) is 21.5. The van der Waals surface area contributed by atoms with E-state index in [9.17, 15) is 0 Å². The molecule has 28 heavy (non-hydrogen) atoms. The fraction of sp³-hybridized carbons (Fsp3) is 0.929. The molecule has 0 aromatic heterocycles. The Kier molecular flexibility index (Phi) is 6.96. The zero-order valence-corrected chi connectivity index (χ0v) is 21.1. The Morgan fingerprint density at radius 1 is 0.750 bits per heavy atom. The average Bonchev–Trinajstić information content (AvgIpc) is 3.34. The topological polar surface area (TPSA) is 0 Å². The molecule has 0 heterocycles. The van der Waals surface area contributed by atoms with Gasteiger partial charge < -0.3 is 0 Å². The van der Waals surface area contributed by atoms with Crippen molar-refractivity contribution in [2.24, 2.45) is 51.2 Å². The summed E-state index contributed by atoms with van der Waals surface area (Å²) < 4.78 is 0. The first-order valence-corrected chi connectivity index (χ1v) is 12.3. The molecule has 5 fully saturated rings. The molecular formula is C28H52. The third-order valence-corrected chi connectivity index (χ3v) is 8.87. The minimum Gasteiger partial charge on any atom is -0.103 e. The fourth-order valence-electron chi connectivity index (χ4n) is 4.72. The van der Waals surface area contributed by atoms with Crippen LogP contribution in [0.5, 0.6) is 0 Å². The summed E-state index contributed by atoms with van der Waals surface area (Å²) in [4.78, 5) is 0. The van der Waals surface area contributed by atoms with Gasteiger partial charge in [0.2, 0.25) is 0 Å². The summed E-state index contributed by atoms with van der Waals surface area (Å²) in [5, 5.41) is 0. The molecule has 0 radical (unpaired) electrons. The largest absolute Gasteiger partial charge is 0.103 e. The molecule has 5 rings (SSSR count). The SMILES string of the molecule is C=CC1CC1(C)C.CC1(C)CC1C1CC1.CC1CC1(C)C.CCC1CC1(C)C. The van der Waals surface area contributed by atoms with Gasteiger partial charge in [-0.1, -0.05) is 81.7 Å². The number of rotatable bonds is 3. The summed E-state index contributed by atoms with van der Waals surface area (Å²) in [5.74, 6) is 5.14. The van der Waals surface area contributed by atoms with Gasteiger partial charge in [-0.15, -0.1) is 6.58 Å². The van der Waals surface area contributed by atoms with E-state index in [0.29, 0.717) is 10.8 Å². The Morgan fingerprint density at radius 3 is 1.18 bits per heavy atom. The van der Waals surface area contributed by atoms with Gasteiger partial charge in [-0.2, -0.15) is 0 Å². The van der Waals surface area contributed by atoms with Gasteiger partial charge in [0.15, 0.2) is 0 Å². The van der Waals surface area contributed by atoms with E-state index in [1.165, 1.54) is 44.9 Å². The van der Waals surface area contributed by atoms with Crippen LogP contribution in [0.1, 0.15) is 114 Å². The molecule has 5 saturated carbocycles.